The number of nitrogens with zero attached hydrogens (tertiary/aromatic N) is 2. The molecule has 2 N–H and O–H groups in total. The van der Waals surface area contributed by atoms with Gasteiger partial charge in [-0.1, -0.05) is 26.7 Å². The van der Waals surface area contributed by atoms with Crippen LogP contribution in [0.4, 0.5) is 5.69 Å². The number of hydrogen-bond acceptors (Lipinski definition) is 6. The monoisotopic (exact) mass is 490 g/mol. The van der Waals surface area contributed by atoms with E-state index in [1.165, 1.54) is 0 Å². The third-order valence-corrected chi connectivity index (χ3v) is 8.33. The highest BCUT2D eigenvalue weighted by molar-refractivity contribution is 7.91. The van der Waals surface area contributed by atoms with Gasteiger partial charge in [0.15, 0.2) is 9.84 Å². The topological polar surface area (TPSA) is 139 Å². The molecule has 2 aliphatic rings. The van der Waals surface area contributed by atoms with Crippen molar-refractivity contribution in [1.82, 2.24) is 15.3 Å². The van der Waals surface area contributed by atoms with E-state index in [-0.39, 0.29) is 48.4 Å². The van der Waals surface area contributed by atoms with Crippen molar-refractivity contribution < 1.29 is 18.0 Å². The average molecular weight is 491 g/mol. The SMILES string of the molecule is CC(C)C[C@@H](C#N)NC(=O)[C@@H]1CCCCC1NC(=O)c1ccc([N+]2([O-])CCS(=O)(=O)CC2)cc1. The predicted molar refractivity (Wildman–Crippen MR) is 130 cm³/mol. The van der Waals surface area contributed by atoms with Gasteiger partial charge in [-0.05, 0) is 37.3 Å². The molecule has 9 nitrogen and oxygen atoms in total. The summed E-state index contributed by atoms with van der Waals surface area (Å²) in [6.07, 6.45) is 3.69. The van der Waals surface area contributed by atoms with Crippen molar-refractivity contribution in [2.75, 3.05) is 24.6 Å². The van der Waals surface area contributed by atoms with E-state index in [2.05, 4.69) is 16.7 Å². The molecule has 1 aliphatic carbocycles. The summed E-state index contributed by atoms with van der Waals surface area (Å²) in [5.41, 5.74) is 0.800. The van der Waals surface area contributed by atoms with Crippen molar-refractivity contribution >= 4 is 27.3 Å². The molecule has 0 bridgehead atoms. The van der Waals surface area contributed by atoms with E-state index in [1.54, 1.807) is 24.3 Å². The Bertz CT molecular complexity index is 1020. The maximum Gasteiger partial charge on any atom is 0.251 e. The van der Waals surface area contributed by atoms with Crippen LogP contribution >= 0.6 is 0 Å². The molecule has 186 valence electrons. The smallest absolute Gasteiger partial charge is 0.251 e. The van der Waals surface area contributed by atoms with Gasteiger partial charge in [0.25, 0.3) is 5.91 Å². The van der Waals surface area contributed by atoms with Crippen molar-refractivity contribution in [1.29, 1.82) is 5.26 Å². The summed E-state index contributed by atoms with van der Waals surface area (Å²) in [6.45, 7) is 3.92. The second kappa shape index (κ2) is 10.8. The Kier molecular flexibility index (Phi) is 8.34. The molecule has 2 amide bonds. The van der Waals surface area contributed by atoms with Gasteiger partial charge in [-0.15, -0.1) is 0 Å². The number of quaternary nitrogens is 1. The second-order valence-corrected chi connectivity index (χ2v) is 12.1. The van der Waals surface area contributed by atoms with Crippen molar-refractivity contribution in [2.45, 2.75) is 58.0 Å². The van der Waals surface area contributed by atoms with Gasteiger partial charge in [0.1, 0.15) is 23.2 Å². The lowest BCUT2D eigenvalue weighted by Gasteiger charge is -2.44. The molecule has 1 saturated carbocycles. The quantitative estimate of drug-likeness (QED) is 0.444. The predicted octanol–water partition coefficient (Wildman–Crippen LogP) is 2.26. The molecule has 34 heavy (non-hydrogen) atoms. The maximum atomic E-state index is 13.0. The minimum absolute atomic E-state index is 0.0345. The Balaban J connectivity index is 1.64. The number of sulfone groups is 1. The molecule has 2 fully saturated rings. The van der Waals surface area contributed by atoms with Crippen molar-refractivity contribution in [3.8, 4) is 6.07 Å². The summed E-state index contributed by atoms with van der Waals surface area (Å²) in [4.78, 5) is 25.8. The first-order chi connectivity index (χ1) is 16.0. The van der Waals surface area contributed by atoms with Crippen molar-refractivity contribution in [3.63, 3.8) is 0 Å². The molecule has 1 heterocycles. The summed E-state index contributed by atoms with van der Waals surface area (Å²) in [5, 5.41) is 28.2. The first kappa shape index (κ1) is 26.1. The van der Waals surface area contributed by atoms with Gasteiger partial charge in [0, 0.05) is 23.7 Å². The van der Waals surface area contributed by atoms with Crippen LogP contribution in [0.1, 0.15) is 56.3 Å². The Morgan fingerprint density at radius 3 is 2.35 bits per heavy atom. The number of rotatable bonds is 7. The van der Waals surface area contributed by atoms with Crippen molar-refractivity contribution in [3.05, 3.63) is 35.0 Å². The van der Waals surface area contributed by atoms with Crippen LogP contribution in [0.3, 0.4) is 0 Å². The lowest BCUT2D eigenvalue weighted by Crippen LogP contribution is -2.53. The van der Waals surface area contributed by atoms with Crippen LogP contribution in [0.25, 0.3) is 0 Å². The largest absolute Gasteiger partial charge is 0.627 e. The molecular weight excluding hydrogens is 456 g/mol. The van der Waals surface area contributed by atoms with E-state index < -0.39 is 26.4 Å². The third-order valence-electron chi connectivity index (χ3n) is 6.73. The first-order valence-corrected chi connectivity index (χ1v) is 13.7. The van der Waals surface area contributed by atoms with Crippen LogP contribution in [-0.2, 0) is 14.6 Å². The van der Waals surface area contributed by atoms with Crippen LogP contribution < -0.4 is 15.3 Å². The molecule has 1 aliphatic heterocycles. The molecule has 1 aromatic carbocycles. The number of carbonyl (C=O) groups is 2. The van der Waals surface area contributed by atoms with Gasteiger partial charge in [-0.3, -0.25) is 9.59 Å². The second-order valence-electron chi connectivity index (χ2n) is 9.83. The Morgan fingerprint density at radius 2 is 1.76 bits per heavy atom. The number of hydroxylamine groups is 2. The number of nitriles is 1. The molecule has 10 heteroatoms. The Morgan fingerprint density at radius 1 is 1.15 bits per heavy atom. The van der Waals surface area contributed by atoms with Gasteiger partial charge < -0.3 is 20.5 Å². The molecule has 1 saturated heterocycles. The number of hydrogen-bond donors (Lipinski definition) is 2. The fraction of sp³-hybridized carbons (Fsp3) is 0.625. The van der Waals surface area contributed by atoms with Crippen LogP contribution in [0.5, 0.6) is 0 Å². The van der Waals surface area contributed by atoms with Gasteiger partial charge in [-0.2, -0.15) is 5.26 Å². The minimum atomic E-state index is -3.16. The first-order valence-electron chi connectivity index (χ1n) is 11.9. The maximum absolute atomic E-state index is 13.0. The fourth-order valence-corrected chi connectivity index (χ4v) is 6.04. The lowest BCUT2D eigenvalue weighted by atomic mass is 9.83. The number of benzene rings is 1. The Hall–Kier alpha value is -2.48. The number of carbonyl (C=O) groups excluding carboxylic acids is 2. The number of amides is 2. The minimum Gasteiger partial charge on any atom is -0.627 e. The van der Waals surface area contributed by atoms with E-state index in [9.17, 15) is 28.5 Å². The highest BCUT2D eigenvalue weighted by Crippen LogP contribution is 2.27. The molecule has 0 spiro atoms. The fourth-order valence-electron chi connectivity index (χ4n) is 4.69. The van der Waals surface area contributed by atoms with E-state index in [1.807, 2.05) is 13.8 Å². The van der Waals surface area contributed by atoms with Crippen LogP contribution in [-0.4, -0.2) is 56.9 Å². The highest BCUT2D eigenvalue weighted by Gasteiger charge is 2.34. The van der Waals surface area contributed by atoms with Gasteiger partial charge in [0.05, 0.1) is 25.1 Å². The summed E-state index contributed by atoms with van der Waals surface area (Å²) in [6, 6.07) is 7.56. The summed E-state index contributed by atoms with van der Waals surface area (Å²) in [7, 11) is -3.16. The zero-order valence-corrected chi connectivity index (χ0v) is 20.6. The van der Waals surface area contributed by atoms with E-state index in [0.717, 1.165) is 12.8 Å². The van der Waals surface area contributed by atoms with Crippen LogP contribution in [0, 0.1) is 28.4 Å². The zero-order chi connectivity index (χ0) is 24.9. The van der Waals surface area contributed by atoms with Gasteiger partial charge in [0.2, 0.25) is 5.91 Å². The lowest BCUT2D eigenvalue weighted by molar-refractivity contribution is -0.127. The van der Waals surface area contributed by atoms with Crippen LogP contribution in [0.2, 0.25) is 0 Å². The molecule has 1 aromatic rings. The summed E-state index contributed by atoms with van der Waals surface area (Å²) in [5.74, 6) is -0.939. The van der Waals surface area contributed by atoms with Gasteiger partial charge in [-0.25, -0.2) is 8.42 Å². The van der Waals surface area contributed by atoms with E-state index in [0.29, 0.717) is 30.5 Å². The van der Waals surface area contributed by atoms with Crippen LogP contribution in [0.15, 0.2) is 24.3 Å². The molecule has 1 unspecified atom stereocenters. The van der Waals surface area contributed by atoms with E-state index >= 15 is 0 Å². The molecule has 0 aromatic heterocycles. The molecule has 3 atom stereocenters. The number of nitrogens with one attached hydrogen (secondary N) is 2. The summed E-state index contributed by atoms with van der Waals surface area (Å²) >= 11 is 0. The molecular formula is C24H34N4O5S. The average Bonchev–Trinajstić information content (AvgIpc) is 2.81. The zero-order valence-electron chi connectivity index (χ0n) is 19.8. The highest BCUT2D eigenvalue weighted by atomic mass is 32.2. The van der Waals surface area contributed by atoms with E-state index in [4.69, 9.17) is 0 Å². The molecule has 3 rings (SSSR count). The summed E-state index contributed by atoms with van der Waals surface area (Å²) < 4.78 is 22.6. The molecule has 0 radical (unpaired) electrons. The van der Waals surface area contributed by atoms with Gasteiger partial charge >= 0.3 is 0 Å². The standard InChI is InChI=1S/C24H34N4O5S/c1-17(2)15-19(16-25)26-24(30)21-5-3-4-6-22(21)27-23(29)18-7-9-20(10-8-18)28(31)11-13-34(32,33)14-12-28/h7-10,17,19,21-22H,3-6,11-15H2,1-2H3,(H,26,30)(H,27,29)/t19-,21+,22?/m0/s1. The Labute approximate surface area is 201 Å². The third kappa shape index (κ3) is 6.56. The van der Waals surface area contributed by atoms with Crippen molar-refractivity contribution in [2.24, 2.45) is 11.8 Å². The normalized spacial score (nSPS) is 24.6.